The summed E-state index contributed by atoms with van der Waals surface area (Å²) in [5.41, 5.74) is 1.23. The number of esters is 1. The van der Waals surface area contributed by atoms with Crippen molar-refractivity contribution >= 4 is 40.0 Å². The van der Waals surface area contributed by atoms with Crippen LogP contribution in [0.2, 0.25) is 5.02 Å². The Balaban J connectivity index is 1.55. The maximum absolute atomic E-state index is 13.5. The second-order valence-electron chi connectivity index (χ2n) is 7.38. The van der Waals surface area contributed by atoms with E-state index in [0.29, 0.717) is 53.6 Å². The summed E-state index contributed by atoms with van der Waals surface area (Å²) in [5.74, 6) is 0.821. The standard InChI is InChI=1S/C22H22ClFN4O4/c1-13-10-28(11-21(29)32-13)5-6-31-20-8-15-18(9-19(20)30-2)25-12-26-22(15)27-14-3-4-17(24)16(23)7-14/h3-4,7-9,12-13H,5-6,10-11H2,1-2H3,(H,25,26,27). The lowest BCUT2D eigenvalue weighted by Crippen LogP contribution is -2.45. The molecule has 1 N–H and O–H groups in total. The van der Waals surface area contributed by atoms with Crippen LogP contribution in [0.4, 0.5) is 15.9 Å². The molecular weight excluding hydrogens is 439 g/mol. The van der Waals surface area contributed by atoms with E-state index in [1.54, 1.807) is 25.3 Å². The highest BCUT2D eigenvalue weighted by Gasteiger charge is 2.23. The second-order valence-corrected chi connectivity index (χ2v) is 7.79. The van der Waals surface area contributed by atoms with Gasteiger partial charge in [-0.1, -0.05) is 11.6 Å². The molecule has 0 spiro atoms. The SMILES string of the molecule is COc1cc2ncnc(Nc3ccc(F)c(Cl)c3)c2cc1OCCN1CC(=O)OC(C)C1. The van der Waals surface area contributed by atoms with E-state index < -0.39 is 5.82 Å². The predicted molar refractivity (Wildman–Crippen MR) is 118 cm³/mol. The third-order valence-corrected chi connectivity index (χ3v) is 5.26. The molecule has 0 aliphatic carbocycles. The van der Waals surface area contributed by atoms with E-state index in [1.165, 1.54) is 18.5 Å². The average molecular weight is 461 g/mol. The molecule has 0 amide bonds. The molecule has 168 valence electrons. The number of rotatable bonds is 7. The number of aromatic nitrogens is 2. The summed E-state index contributed by atoms with van der Waals surface area (Å²) in [6.07, 6.45) is 1.28. The first kappa shape index (κ1) is 22.0. The van der Waals surface area contributed by atoms with Crippen molar-refractivity contribution in [3.8, 4) is 11.5 Å². The third kappa shape index (κ3) is 5.00. The highest BCUT2D eigenvalue weighted by molar-refractivity contribution is 6.31. The maximum Gasteiger partial charge on any atom is 0.320 e. The second kappa shape index (κ2) is 9.54. The van der Waals surface area contributed by atoms with Crippen molar-refractivity contribution in [2.24, 2.45) is 0 Å². The van der Waals surface area contributed by atoms with Gasteiger partial charge in [0.1, 0.15) is 30.7 Å². The molecule has 2 heterocycles. The van der Waals surface area contributed by atoms with Gasteiger partial charge < -0.3 is 19.5 Å². The van der Waals surface area contributed by atoms with Gasteiger partial charge in [0.15, 0.2) is 11.5 Å². The fourth-order valence-corrected chi connectivity index (χ4v) is 3.69. The predicted octanol–water partition coefficient (Wildman–Crippen LogP) is 3.80. The zero-order chi connectivity index (χ0) is 22.7. The first-order chi connectivity index (χ1) is 15.4. The maximum atomic E-state index is 13.5. The molecule has 1 aromatic heterocycles. The van der Waals surface area contributed by atoms with Crippen LogP contribution in [-0.2, 0) is 9.53 Å². The summed E-state index contributed by atoms with van der Waals surface area (Å²) >= 11 is 5.89. The number of benzene rings is 2. The number of hydrogen-bond acceptors (Lipinski definition) is 8. The van der Waals surface area contributed by atoms with Crippen molar-refractivity contribution in [3.63, 3.8) is 0 Å². The largest absolute Gasteiger partial charge is 0.493 e. The van der Waals surface area contributed by atoms with Crippen molar-refractivity contribution < 1.29 is 23.4 Å². The smallest absolute Gasteiger partial charge is 0.320 e. The molecule has 1 unspecified atom stereocenters. The molecule has 0 saturated carbocycles. The molecule has 2 aromatic carbocycles. The van der Waals surface area contributed by atoms with Crippen LogP contribution in [0.25, 0.3) is 10.9 Å². The number of carbonyl (C=O) groups is 1. The van der Waals surface area contributed by atoms with E-state index in [4.69, 9.17) is 25.8 Å². The highest BCUT2D eigenvalue weighted by atomic mass is 35.5. The minimum Gasteiger partial charge on any atom is -0.493 e. The molecule has 4 rings (SSSR count). The first-order valence-electron chi connectivity index (χ1n) is 10.0. The van der Waals surface area contributed by atoms with E-state index in [9.17, 15) is 9.18 Å². The summed E-state index contributed by atoms with van der Waals surface area (Å²) in [5, 5.41) is 3.84. The Morgan fingerprint density at radius 1 is 1.28 bits per heavy atom. The van der Waals surface area contributed by atoms with Crippen LogP contribution < -0.4 is 14.8 Å². The fraction of sp³-hybridized carbons (Fsp3) is 0.318. The van der Waals surface area contributed by atoms with Gasteiger partial charge in [0.05, 0.1) is 24.2 Å². The zero-order valence-electron chi connectivity index (χ0n) is 17.6. The van der Waals surface area contributed by atoms with Crippen LogP contribution in [-0.4, -0.2) is 60.3 Å². The minimum atomic E-state index is -0.499. The number of nitrogens with one attached hydrogen (secondary N) is 1. The summed E-state index contributed by atoms with van der Waals surface area (Å²) in [7, 11) is 1.55. The van der Waals surface area contributed by atoms with E-state index in [2.05, 4.69) is 15.3 Å². The summed E-state index contributed by atoms with van der Waals surface area (Å²) in [6, 6.07) is 7.88. The van der Waals surface area contributed by atoms with Crippen molar-refractivity contribution in [3.05, 3.63) is 47.5 Å². The van der Waals surface area contributed by atoms with Gasteiger partial charge in [0, 0.05) is 30.2 Å². The summed E-state index contributed by atoms with van der Waals surface area (Å²) in [6.45, 7) is 3.67. The van der Waals surface area contributed by atoms with Crippen LogP contribution >= 0.6 is 11.6 Å². The van der Waals surface area contributed by atoms with Gasteiger partial charge in [-0.2, -0.15) is 0 Å². The van der Waals surface area contributed by atoms with Crippen LogP contribution in [0.1, 0.15) is 6.92 Å². The lowest BCUT2D eigenvalue weighted by molar-refractivity contribution is -0.157. The Bertz CT molecular complexity index is 1150. The number of halogens is 2. The first-order valence-corrected chi connectivity index (χ1v) is 10.4. The molecule has 1 atom stereocenters. The van der Waals surface area contributed by atoms with E-state index in [1.807, 2.05) is 11.8 Å². The quantitative estimate of drug-likeness (QED) is 0.533. The number of hydrogen-bond donors (Lipinski definition) is 1. The molecule has 32 heavy (non-hydrogen) atoms. The Kier molecular flexibility index (Phi) is 6.57. The molecule has 1 saturated heterocycles. The van der Waals surface area contributed by atoms with Gasteiger partial charge in [-0.25, -0.2) is 14.4 Å². The van der Waals surface area contributed by atoms with Gasteiger partial charge in [0.2, 0.25) is 0 Å². The average Bonchev–Trinajstić information content (AvgIpc) is 2.75. The Morgan fingerprint density at radius 3 is 2.88 bits per heavy atom. The number of cyclic esters (lactones) is 1. The Morgan fingerprint density at radius 2 is 2.12 bits per heavy atom. The number of fused-ring (bicyclic) bond motifs is 1. The van der Waals surface area contributed by atoms with Gasteiger partial charge in [-0.05, 0) is 31.2 Å². The van der Waals surface area contributed by atoms with Crippen molar-refractivity contribution in [1.82, 2.24) is 14.9 Å². The number of methoxy groups -OCH3 is 1. The molecule has 1 fully saturated rings. The van der Waals surface area contributed by atoms with Crippen LogP contribution in [0.15, 0.2) is 36.7 Å². The van der Waals surface area contributed by atoms with E-state index in [-0.39, 0.29) is 23.6 Å². The molecule has 3 aromatic rings. The van der Waals surface area contributed by atoms with E-state index >= 15 is 0 Å². The molecule has 1 aliphatic heterocycles. The monoisotopic (exact) mass is 460 g/mol. The van der Waals surface area contributed by atoms with Gasteiger partial charge in [0.25, 0.3) is 0 Å². The number of carbonyl (C=O) groups excluding carboxylic acids is 1. The number of morpholine rings is 1. The lowest BCUT2D eigenvalue weighted by atomic mass is 10.2. The minimum absolute atomic E-state index is 0.00923. The normalized spacial score (nSPS) is 16.6. The number of anilines is 2. The topological polar surface area (TPSA) is 85.8 Å². The summed E-state index contributed by atoms with van der Waals surface area (Å²) in [4.78, 5) is 22.2. The van der Waals surface area contributed by atoms with Gasteiger partial charge >= 0.3 is 5.97 Å². The van der Waals surface area contributed by atoms with Crippen LogP contribution in [0.3, 0.4) is 0 Å². The van der Waals surface area contributed by atoms with Crippen LogP contribution in [0, 0.1) is 5.82 Å². The lowest BCUT2D eigenvalue weighted by Gasteiger charge is -2.29. The van der Waals surface area contributed by atoms with Gasteiger partial charge in [-0.3, -0.25) is 9.69 Å². The van der Waals surface area contributed by atoms with Crippen LogP contribution in [0.5, 0.6) is 11.5 Å². The van der Waals surface area contributed by atoms with Crippen molar-refractivity contribution in [2.75, 3.05) is 38.7 Å². The molecular formula is C22H22ClFN4O4. The van der Waals surface area contributed by atoms with Gasteiger partial charge in [-0.15, -0.1) is 0 Å². The fourth-order valence-electron chi connectivity index (χ4n) is 3.51. The molecule has 0 bridgehead atoms. The van der Waals surface area contributed by atoms with Crippen molar-refractivity contribution in [2.45, 2.75) is 13.0 Å². The third-order valence-electron chi connectivity index (χ3n) is 4.97. The molecule has 8 nitrogen and oxygen atoms in total. The Labute approximate surface area is 189 Å². The zero-order valence-corrected chi connectivity index (χ0v) is 18.4. The number of nitrogens with zero attached hydrogens (tertiary/aromatic N) is 3. The number of ether oxygens (including phenoxy) is 3. The molecule has 1 aliphatic rings. The van der Waals surface area contributed by atoms with E-state index in [0.717, 1.165) is 0 Å². The Hall–Kier alpha value is -3.17. The summed E-state index contributed by atoms with van der Waals surface area (Å²) < 4.78 is 30.1. The van der Waals surface area contributed by atoms with Crippen molar-refractivity contribution in [1.29, 1.82) is 0 Å². The molecule has 10 heteroatoms. The highest BCUT2D eigenvalue weighted by Crippen LogP contribution is 2.35. The molecule has 0 radical (unpaired) electrons.